The second-order valence-corrected chi connectivity index (χ2v) is 2.69. The van der Waals surface area contributed by atoms with Gasteiger partial charge >= 0.3 is 0 Å². The Morgan fingerprint density at radius 2 is 2.50 bits per heavy atom. The molecule has 5 heteroatoms. The summed E-state index contributed by atoms with van der Waals surface area (Å²) in [5.74, 6) is -0.409. The summed E-state index contributed by atoms with van der Waals surface area (Å²) < 4.78 is 1.64. The number of aryl methyl sites for hydroxylation is 1. The molecule has 1 atom stereocenters. The van der Waals surface area contributed by atoms with Gasteiger partial charge in [-0.15, -0.1) is 0 Å². The number of rotatable bonds is 3. The van der Waals surface area contributed by atoms with Gasteiger partial charge in [0.25, 0.3) is 0 Å². The minimum Gasteiger partial charge on any atom is -0.370 e. The van der Waals surface area contributed by atoms with Crippen LogP contribution in [0.5, 0.6) is 0 Å². The number of aromatic nitrogens is 2. The maximum absolute atomic E-state index is 10.5. The topological polar surface area (TPSA) is 86.9 Å². The summed E-state index contributed by atoms with van der Waals surface area (Å²) in [6.45, 7) is 0. The average Bonchev–Trinajstić information content (AvgIpc) is 2.34. The zero-order chi connectivity index (χ0) is 9.14. The van der Waals surface area contributed by atoms with Crippen molar-refractivity contribution in [2.45, 2.75) is 12.5 Å². The highest BCUT2D eigenvalue weighted by Gasteiger charge is 2.10. The van der Waals surface area contributed by atoms with E-state index in [0.29, 0.717) is 5.69 Å². The van der Waals surface area contributed by atoms with Crippen LogP contribution in [0.4, 0.5) is 0 Å². The van der Waals surface area contributed by atoms with Crippen LogP contribution < -0.4 is 11.5 Å². The first kappa shape index (κ1) is 8.73. The van der Waals surface area contributed by atoms with Gasteiger partial charge in [0.1, 0.15) is 0 Å². The van der Waals surface area contributed by atoms with E-state index in [0.717, 1.165) is 0 Å². The van der Waals surface area contributed by atoms with Crippen molar-refractivity contribution in [2.24, 2.45) is 18.5 Å². The molecule has 1 aromatic heterocycles. The van der Waals surface area contributed by atoms with E-state index < -0.39 is 5.91 Å². The average molecular weight is 168 g/mol. The Morgan fingerprint density at radius 1 is 1.83 bits per heavy atom. The van der Waals surface area contributed by atoms with E-state index in [4.69, 9.17) is 11.5 Å². The second-order valence-electron chi connectivity index (χ2n) is 2.69. The monoisotopic (exact) mass is 168 g/mol. The molecule has 0 aliphatic rings. The number of nitrogens with two attached hydrogens (primary N) is 2. The molecular formula is C7H12N4O. The zero-order valence-corrected chi connectivity index (χ0v) is 6.90. The van der Waals surface area contributed by atoms with E-state index in [9.17, 15) is 4.79 Å². The van der Waals surface area contributed by atoms with Gasteiger partial charge in [-0.05, 0) is 6.07 Å². The Balaban J connectivity index is 2.64. The van der Waals surface area contributed by atoms with E-state index in [1.165, 1.54) is 0 Å². The SMILES string of the molecule is Cn1ccc(C(N)CC(N)=O)n1. The molecule has 0 spiro atoms. The molecular weight excluding hydrogens is 156 g/mol. The van der Waals surface area contributed by atoms with Crippen molar-refractivity contribution in [2.75, 3.05) is 0 Å². The van der Waals surface area contributed by atoms with Crippen LogP contribution in [-0.2, 0) is 11.8 Å². The van der Waals surface area contributed by atoms with Gasteiger partial charge in [-0.25, -0.2) is 0 Å². The molecule has 0 aromatic carbocycles. The quantitative estimate of drug-likeness (QED) is 0.625. The zero-order valence-electron chi connectivity index (χ0n) is 6.90. The van der Waals surface area contributed by atoms with E-state index >= 15 is 0 Å². The maximum atomic E-state index is 10.5. The van der Waals surface area contributed by atoms with Crippen LogP contribution in [0.15, 0.2) is 12.3 Å². The van der Waals surface area contributed by atoms with Gasteiger partial charge in [0, 0.05) is 19.7 Å². The minimum absolute atomic E-state index is 0.136. The normalized spacial score (nSPS) is 12.8. The Morgan fingerprint density at radius 3 is 2.92 bits per heavy atom. The van der Waals surface area contributed by atoms with Crippen molar-refractivity contribution >= 4 is 5.91 Å². The lowest BCUT2D eigenvalue weighted by atomic mass is 10.1. The number of nitrogens with zero attached hydrogens (tertiary/aromatic N) is 2. The van der Waals surface area contributed by atoms with E-state index in [2.05, 4.69) is 5.10 Å². The fourth-order valence-electron chi connectivity index (χ4n) is 0.952. The molecule has 0 fully saturated rings. The highest BCUT2D eigenvalue weighted by molar-refractivity contribution is 5.74. The van der Waals surface area contributed by atoms with Crippen LogP contribution >= 0.6 is 0 Å². The van der Waals surface area contributed by atoms with Crippen LogP contribution in [0, 0.1) is 0 Å². The molecule has 1 rings (SSSR count). The van der Waals surface area contributed by atoms with Gasteiger partial charge in [-0.2, -0.15) is 5.10 Å². The lowest BCUT2D eigenvalue weighted by molar-refractivity contribution is -0.118. The van der Waals surface area contributed by atoms with Gasteiger partial charge in [0.2, 0.25) is 5.91 Å². The predicted octanol–water partition coefficient (Wildman–Crippen LogP) is -0.705. The first-order valence-corrected chi connectivity index (χ1v) is 3.63. The molecule has 12 heavy (non-hydrogen) atoms. The van der Waals surface area contributed by atoms with Crippen LogP contribution in [0.1, 0.15) is 18.2 Å². The van der Waals surface area contributed by atoms with Gasteiger partial charge < -0.3 is 11.5 Å². The molecule has 4 N–H and O–H groups in total. The Hall–Kier alpha value is -1.36. The third-order valence-corrected chi connectivity index (χ3v) is 1.54. The van der Waals surface area contributed by atoms with Gasteiger partial charge in [-0.1, -0.05) is 0 Å². The molecule has 1 amide bonds. The van der Waals surface area contributed by atoms with Crippen molar-refractivity contribution in [1.29, 1.82) is 0 Å². The van der Waals surface area contributed by atoms with Crippen molar-refractivity contribution in [1.82, 2.24) is 9.78 Å². The predicted molar refractivity (Wildman–Crippen MR) is 43.9 cm³/mol. The summed E-state index contributed by atoms with van der Waals surface area (Å²) in [5, 5.41) is 4.05. The number of carbonyl (C=O) groups excluding carboxylic acids is 1. The fourth-order valence-corrected chi connectivity index (χ4v) is 0.952. The van der Waals surface area contributed by atoms with E-state index in [1.54, 1.807) is 24.0 Å². The van der Waals surface area contributed by atoms with Crippen LogP contribution in [-0.4, -0.2) is 15.7 Å². The molecule has 66 valence electrons. The highest BCUT2D eigenvalue weighted by Crippen LogP contribution is 2.09. The van der Waals surface area contributed by atoms with Crippen molar-refractivity contribution in [3.05, 3.63) is 18.0 Å². The molecule has 0 saturated carbocycles. The second kappa shape index (κ2) is 3.36. The highest BCUT2D eigenvalue weighted by atomic mass is 16.1. The molecule has 0 bridgehead atoms. The number of hydrogen-bond acceptors (Lipinski definition) is 3. The standard InChI is InChI=1S/C7H12N4O/c1-11-3-2-6(10-11)5(8)4-7(9)12/h2-3,5H,4,8H2,1H3,(H2,9,12). The lowest BCUT2D eigenvalue weighted by Gasteiger charge is -2.04. The van der Waals surface area contributed by atoms with Gasteiger partial charge in [-0.3, -0.25) is 9.48 Å². The molecule has 0 aliphatic carbocycles. The number of primary amides is 1. The molecule has 0 radical (unpaired) electrons. The molecule has 1 aromatic rings. The Bertz CT molecular complexity index is 281. The lowest BCUT2D eigenvalue weighted by Crippen LogP contribution is -2.21. The number of hydrogen-bond donors (Lipinski definition) is 2. The van der Waals surface area contributed by atoms with Crippen molar-refractivity contribution in [3.8, 4) is 0 Å². The fraction of sp³-hybridized carbons (Fsp3) is 0.429. The Kier molecular flexibility index (Phi) is 2.44. The number of amides is 1. The summed E-state index contributed by atoms with van der Waals surface area (Å²) >= 11 is 0. The van der Waals surface area contributed by atoms with E-state index in [1.807, 2.05) is 0 Å². The van der Waals surface area contributed by atoms with Crippen LogP contribution in [0.2, 0.25) is 0 Å². The molecule has 0 saturated heterocycles. The molecule has 5 nitrogen and oxygen atoms in total. The first-order valence-electron chi connectivity index (χ1n) is 3.63. The van der Waals surface area contributed by atoms with Crippen molar-refractivity contribution in [3.63, 3.8) is 0 Å². The minimum atomic E-state index is -0.409. The van der Waals surface area contributed by atoms with Gasteiger partial charge in [0.15, 0.2) is 0 Å². The summed E-state index contributed by atoms with van der Waals surface area (Å²) in [4.78, 5) is 10.5. The summed E-state index contributed by atoms with van der Waals surface area (Å²) in [6, 6.07) is 1.39. The Labute approximate surface area is 70.3 Å². The summed E-state index contributed by atoms with van der Waals surface area (Å²) in [7, 11) is 1.79. The summed E-state index contributed by atoms with van der Waals surface area (Å²) in [5.41, 5.74) is 11.3. The van der Waals surface area contributed by atoms with Crippen LogP contribution in [0.3, 0.4) is 0 Å². The third kappa shape index (κ3) is 2.06. The van der Waals surface area contributed by atoms with Crippen LogP contribution in [0.25, 0.3) is 0 Å². The summed E-state index contributed by atoms with van der Waals surface area (Å²) in [6.07, 6.45) is 1.91. The smallest absolute Gasteiger partial charge is 0.219 e. The van der Waals surface area contributed by atoms with Crippen molar-refractivity contribution < 1.29 is 4.79 Å². The molecule has 0 aliphatic heterocycles. The van der Waals surface area contributed by atoms with E-state index in [-0.39, 0.29) is 12.5 Å². The molecule has 1 heterocycles. The maximum Gasteiger partial charge on any atom is 0.219 e. The first-order chi connectivity index (χ1) is 5.59. The van der Waals surface area contributed by atoms with Gasteiger partial charge in [0.05, 0.1) is 11.7 Å². The number of carbonyl (C=O) groups is 1. The largest absolute Gasteiger partial charge is 0.370 e. The third-order valence-electron chi connectivity index (χ3n) is 1.54. The molecule has 1 unspecified atom stereocenters.